The van der Waals surface area contributed by atoms with Gasteiger partial charge >= 0.3 is 12.1 Å². The van der Waals surface area contributed by atoms with Gasteiger partial charge in [-0.2, -0.15) is 13.2 Å². The lowest BCUT2D eigenvalue weighted by molar-refractivity contribution is -0.160. The summed E-state index contributed by atoms with van der Waals surface area (Å²) in [6.45, 7) is 8.87. The Hall–Kier alpha value is -3.99. The molecule has 0 fully saturated rings. The molecule has 0 spiro atoms. The van der Waals surface area contributed by atoms with Crippen LogP contribution in [0.2, 0.25) is 0 Å². The number of rotatable bonds is 5. The van der Waals surface area contributed by atoms with E-state index in [0.29, 0.717) is 58.9 Å². The minimum atomic E-state index is -5.00. The Kier molecular flexibility index (Phi) is 7.99. The van der Waals surface area contributed by atoms with E-state index in [9.17, 15) is 27.9 Å². The number of hydrogen-bond donors (Lipinski definition) is 1. The first-order valence-electron chi connectivity index (χ1n) is 14.2. The van der Waals surface area contributed by atoms with Crippen LogP contribution in [0.3, 0.4) is 0 Å². The Labute approximate surface area is 251 Å². The standard InChI is InChI=1S/C33H32F5NO5/c1-16-14-24-19(11-12-39(24)30(40)20-8-6-10-22(27(20)35)33(36,37)38)26(25(16)29(31(41)42)44-32(3,4)5)21-15-23(34)28-18(17(21)2)9-7-13-43-28/h6,8,10,14-15,29H,7,9,11-13H2,1-5H3,(H,41,42). The zero-order chi connectivity index (χ0) is 32.3. The molecular weight excluding hydrogens is 585 g/mol. The van der Waals surface area contributed by atoms with E-state index < -0.39 is 52.5 Å². The van der Waals surface area contributed by atoms with E-state index in [4.69, 9.17) is 9.47 Å². The second kappa shape index (κ2) is 11.2. The van der Waals surface area contributed by atoms with Crippen molar-refractivity contribution in [2.45, 2.75) is 71.8 Å². The normalized spacial score (nSPS) is 15.5. The molecular formula is C33H32F5NO5. The number of carboxylic acids is 1. The molecule has 2 aliphatic heterocycles. The van der Waals surface area contributed by atoms with Crippen LogP contribution in [0.25, 0.3) is 11.1 Å². The van der Waals surface area contributed by atoms with Crippen molar-refractivity contribution in [3.05, 3.63) is 80.9 Å². The Morgan fingerprint density at radius 2 is 1.75 bits per heavy atom. The Morgan fingerprint density at radius 3 is 2.39 bits per heavy atom. The highest BCUT2D eigenvalue weighted by Crippen LogP contribution is 2.48. The summed E-state index contributed by atoms with van der Waals surface area (Å²) in [5, 5.41) is 10.3. The molecule has 0 saturated heterocycles. The van der Waals surface area contributed by atoms with Crippen molar-refractivity contribution >= 4 is 17.6 Å². The van der Waals surface area contributed by atoms with Crippen LogP contribution in [0.4, 0.5) is 27.6 Å². The molecule has 1 amide bonds. The summed E-state index contributed by atoms with van der Waals surface area (Å²) in [5.74, 6) is -4.42. The Bertz CT molecular complexity index is 1670. The topological polar surface area (TPSA) is 76.1 Å². The molecule has 234 valence electrons. The number of fused-ring (bicyclic) bond motifs is 2. The minimum absolute atomic E-state index is 0.0206. The number of anilines is 1. The number of carbonyl (C=O) groups excluding carboxylic acids is 1. The second-order valence-corrected chi connectivity index (χ2v) is 12.1. The summed E-state index contributed by atoms with van der Waals surface area (Å²) < 4.78 is 82.5. The Morgan fingerprint density at radius 1 is 1.05 bits per heavy atom. The molecule has 2 heterocycles. The lowest BCUT2D eigenvalue weighted by Crippen LogP contribution is -2.30. The van der Waals surface area contributed by atoms with E-state index in [1.165, 1.54) is 11.0 Å². The molecule has 0 saturated carbocycles. The summed E-state index contributed by atoms with van der Waals surface area (Å²) in [7, 11) is 0. The van der Waals surface area contributed by atoms with Crippen LogP contribution >= 0.6 is 0 Å². The van der Waals surface area contributed by atoms with Crippen molar-refractivity contribution in [1.82, 2.24) is 0 Å². The van der Waals surface area contributed by atoms with Gasteiger partial charge in [-0.1, -0.05) is 6.07 Å². The van der Waals surface area contributed by atoms with Gasteiger partial charge in [-0.15, -0.1) is 0 Å². The molecule has 0 bridgehead atoms. The third-order valence-electron chi connectivity index (χ3n) is 7.98. The van der Waals surface area contributed by atoms with E-state index in [2.05, 4.69) is 0 Å². The van der Waals surface area contributed by atoms with Crippen LogP contribution in [0, 0.1) is 25.5 Å². The van der Waals surface area contributed by atoms with E-state index in [1.807, 2.05) is 0 Å². The number of alkyl halides is 3. The fourth-order valence-electron chi connectivity index (χ4n) is 6.12. The van der Waals surface area contributed by atoms with Gasteiger partial charge in [0.25, 0.3) is 5.91 Å². The number of ether oxygens (including phenoxy) is 2. The van der Waals surface area contributed by atoms with Gasteiger partial charge in [-0.05, 0) is 106 Å². The van der Waals surface area contributed by atoms with Crippen molar-refractivity contribution in [2.75, 3.05) is 18.1 Å². The van der Waals surface area contributed by atoms with Gasteiger partial charge < -0.3 is 19.5 Å². The van der Waals surface area contributed by atoms with Gasteiger partial charge in [0.1, 0.15) is 5.82 Å². The van der Waals surface area contributed by atoms with Gasteiger partial charge in [0.15, 0.2) is 17.7 Å². The molecule has 0 aromatic heterocycles. The number of nitrogens with zero attached hydrogens (tertiary/aromatic N) is 1. The molecule has 11 heteroatoms. The molecule has 2 aliphatic rings. The Balaban J connectivity index is 1.76. The van der Waals surface area contributed by atoms with Crippen LogP contribution in [-0.2, 0) is 28.5 Å². The number of aryl methyl sites for hydroxylation is 1. The summed E-state index contributed by atoms with van der Waals surface area (Å²) in [4.78, 5) is 27.5. The second-order valence-electron chi connectivity index (χ2n) is 12.1. The summed E-state index contributed by atoms with van der Waals surface area (Å²) in [5.41, 5.74) is 0.302. The first-order valence-corrected chi connectivity index (χ1v) is 14.2. The first-order chi connectivity index (χ1) is 20.5. The van der Waals surface area contributed by atoms with E-state index in [0.717, 1.165) is 12.1 Å². The van der Waals surface area contributed by atoms with E-state index >= 15 is 8.78 Å². The number of benzene rings is 3. The van der Waals surface area contributed by atoms with Gasteiger partial charge in [0.05, 0.1) is 23.3 Å². The summed E-state index contributed by atoms with van der Waals surface area (Å²) in [6, 6.07) is 5.37. The molecule has 0 aliphatic carbocycles. The third kappa shape index (κ3) is 5.53. The maximum atomic E-state index is 15.5. The zero-order valence-corrected chi connectivity index (χ0v) is 24.9. The number of carbonyl (C=O) groups is 2. The van der Waals surface area contributed by atoms with Crippen molar-refractivity contribution < 1.29 is 46.1 Å². The highest BCUT2D eigenvalue weighted by Gasteiger charge is 2.40. The van der Waals surface area contributed by atoms with Gasteiger partial charge in [-0.3, -0.25) is 4.79 Å². The lowest BCUT2D eigenvalue weighted by Gasteiger charge is -2.30. The number of carboxylic acid groups (broad SMARTS) is 1. The van der Waals surface area contributed by atoms with Crippen molar-refractivity contribution in [3.63, 3.8) is 0 Å². The number of aliphatic carboxylic acids is 1. The SMILES string of the molecule is Cc1cc2c(c(-c3cc(F)c4c(c3C)CCCO4)c1C(OC(C)(C)C)C(=O)O)CCN2C(=O)c1cccc(C(F)(F)F)c1F. The van der Waals surface area contributed by atoms with Crippen molar-refractivity contribution in [3.8, 4) is 16.9 Å². The van der Waals surface area contributed by atoms with Crippen LogP contribution in [0.15, 0.2) is 30.3 Å². The van der Waals surface area contributed by atoms with Crippen LogP contribution in [-0.4, -0.2) is 35.7 Å². The highest BCUT2D eigenvalue weighted by molar-refractivity contribution is 6.08. The summed E-state index contributed by atoms with van der Waals surface area (Å²) in [6.07, 6.45) is -5.13. The molecule has 44 heavy (non-hydrogen) atoms. The maximum absolute atomic E-state index is 15.5. The average Bonchev–Trinajstić information content (AvgIpc) is 3.35. The quantitative estimate of drug-likeness (QED) is 0.297. The van der Waals surface area contributed by atoms with Crippen LogP contribution in [0.1, 0.15) is 77.0 Å². The van der Waals surface area contributed by atoms with Crippen LogP contribution in [0.5, 0.6) is 5.75 Å². The van der Waals surface area contributed by atoms with Gasteiger partial charge in [0, 0.05) is 23.4 Å². The average molecular weight is 618 g/mol. The number of hydrogen-bond acceptors (Lipinski definition) is 4. The maximum Gasteiger partial charge on any atom is 0.419 e. The molecule has 1 unspecified atom stereocenters. The fourth-order valence-corrected chi connectivity index (χ4v) is 6.12. The fraction of sp³-hybridized carbons (Fsp3) is 0.394. The van der Waals surface area contributed by atoms with E-state index in [-0.39, 0.29) is 30.0 Å². The molecule has 1 atom stereocenters. The van der Waals surface area contributed by atoms with Crippen molar-refractivity contribution in [2.24, 2.45) is 0 Å². The lowest BCUT2D eigenvalue weighted by atomic mass is 9.83. The summed E-state index contributed by atoms with van der Waals surface area (Å²) >= 11 is 0. The largest absolute Gasteiger partial charge is 0.490 e. The predicted molar refractivity (Wildman–Crippen MR) is 153 cm³/mol. The molecule has 6 nitrogen and oxygen atoms in total. The smallest absolute Gasteiger partial charge is 0.419 e. The van der Waals surface area contributed by atoms with Crippen molar-refractivity contribution in [1.29, 1.82) is 0 Å². The van der Waals surface area contributed by atoms with Gasteiger partial charge in [-0.25, -0.2) is 13.6 Å². The number of halogens is 5. The molecule has 3 aromatic carbocycles. The number of amides is 1. The predicted octanol–water partition coefficient (Wildman–Crippen LogP) is 7.74. The third-order valence-corrected chi connectivity index (χ3v) is 7.98. The molecule has 1 N–H and O–H groups in total. The highest BCUT2D eigenvalue weighted by atomic mass is 19.4. The minimum Gasteiger partial charge on any atom is -0.490 e. The molecule has 5 rings (SSSR count). The zero-order valence-electron chi connectivity index (χ0n) is 24.9. The van der Waals surface area contributed by atoms with E-state index in [1.54, 1.807) is 40.7 Å². The monoisotopic (exact) mass is 617 g/mol. The van der Waals surface area contributed by atoms with Crippen LogP contribution < -0.4 is 9.64 Å². The first kappa shape index (κ1) is 31.4. The van der Waals surface area contributed by atoms with Gasteiger partial charge in [0.2, 0.25) is 0 Å². The molecule has 0 radical (unpaired) electrons. The molecule has 3 aromatic rings.